The number of unbranched alkanes of at least 4 members (excludes halogenated alkanes) is 2. The van der Waals surface area contributed by atoms with Crippen molar-refractivity contribution in [2.45, 2.75) is 89.4 Å². The summed E-state index contributed by atoms with van der Waals surface area (Å²) in [5.41, 5.74) is 22.2. The van der Waals surface area contributed by atoms with Crippen molar-refractivity contribution >= 4 is 68.6 Å². The summed E-state index contributed by atoms with van der Waals surface area (Å²) in [5, 5.41) is 6.35. The molecule has 3 nitrogen and oxygen atoms in total. The van der Waals surface area contributed by atoms with E-state index in [1.54, 1.807) is 0 Å². The number of nitrogens with zero attached hydrogens (tertiary/aromatic N) is 1. The van der Waals surface area contributed by atoms with Gasteiger partial charge in [-0.1, -0.05) is 180 Å². The monoisotopic (exact) mass is 856 g/mol. The Morgan fingerprint density at radius 1 is 0.561 bits per heavy atom. The largest absolute Gasteiger partial charge is 0.456 e. The molecular formula is C62H57BN2O. The highest BCUT2D eigenvalue weighted by atomic mass is 16.3. The summed E-state index contributed by atoms with van der Waals surface area (Å²) in [6, 6.07) is 64.0. The van der Waals surface area contributed by atoms with E-state index in [2.05, 4.69) is 215 Å². The number of fused-ring (bicyclic) bond motifs is 8. The van der Waals surface area contributed by atoms with Crippen molar-refractivity contribution in [2.24, 2.45) is 0 Å². The van der Waals surface area contributed by atoms with Crippen LogP contribution in [0, 0.1) is 0 Å². The van der Waals surface area contributed by atoms with Crippen molar-refractivity contribution in [1.82, 2.24) is 0 Å². The summed E-state index contributed by atoms with van der Waals surface area (Å²) in [7, 11) is 0.807. The van der Waals surface area contributed by atoms with Gasteiger partial charge >= 0.3 is 0 Å². The van der Waals surface area contributed by atoms with E-state index in [0.717, 1.165) is 53.4 Å². The topological polar surface area (TPSA) is 28.4 Å². The van der Waals surface area contributed by atoms with Crippen molar-refractivity contribution in [1.29, 1.82) is 0 Å². The van der Waals surface area contributed by atoms with Crippen LogP contribution in [0.5, 0.6) is 0 Å². The second-order valence-corrected chi connectivity index (χ2v) is 20.6. The molecule has 1 aromatic heterocycles. The zero-order valence-corrected chi connectivity index (χ0v) is 39.0. The van der Waals surface area contributed by atoms with Crippen LogP contribution in [-0.4, -0.2) is 7.28 Å². The highest BCUT2D eigenvalue weighted by molar-refractivity contribution is 6.73. The lowest BCUT2D eigenvalue weighted by Crippen LogP contribution is -2.47. The Hall–Kier alpha value is -6.78. The maximum atomic E-state index is 6.74. The van der Waals surface area contributed by atoms with Crippen molar-refractivity contribution in [3.63, 3.8) is 0 Å². The summed E-state index contributed by atoms with van der Waals surface area (Å²) >= 11 is 0. The molecule has 2 aliphatic heterocycles. The first-order valence-electron chi connectivity index (χ1n) is 24.3. The highest BCUT2D eigenvalue weighted by Crippen LogP contribution is 2.58. The Kier molecular flexibility index (Phi) is 9.51. The maximum Gasteiger partial charge on any atom is 0.198 e. The molecule has 1 aliphatic carbocycles. The van der Waals surface area contributed by atoms with Crippen molar-refractivity contribution in [3.05, 3.63) is 209 Å². The zero-order valence-electron chi connectivity index (χ0n) is 39.0. The number of anilines is 5. The first-order chi connectivity index (χ1) is 32.2. The average molecular weight is 857 g/mol. The molecular weight excluding hydrogens is 800 g/mol. The number of hydrogen-bond acceptors (Lipinski definition) is 3. The predicted molar refractivity (Wildman–Crippen MR) is 280 cm³/mol. The molecule has 0 saturated heterocycles. The van der Waals surface area contributed by atoms with Crippen LogP contribution in [0.3, 0.4) is 0 Å². The second kappa shape index (κ2) is 15.4. The van der Waals surface area contributed by atoms with E-state index in [-0.39, 0.29) is 10.8 Å². The van der Waals surface area contributed by atoms with Gasteiger partial charge in [-0.2, -0.15) is 0 Å². The number of para-hydroxylation sites is 3. The smallest absolute Gasteiger partial charge is 0.198 e. The van der Waals surface area contributed by atoms with Crippen LogP contribution in [0.15, 0.2) is 174 Å². The molecule has 12 rings (SSSR count). The Bertz CT molecular complexity index is 3300. The fraction of sp³-hybridized carbons (Fsp3) is 0.226. The number of aryl methyl sites for hydroxylation is 1. The van der Waals surface area contributed by atoms with Crippen LogP contribution in [0.2, 0.25) is 0 Å². The molecule has 0 amide bonds. The summed E-state index contributed by atoms with van der Waals surface area (Å²) < 4.78 is 6.74. The molecule has 324 valence electrons. The molecule has 66 heavy (non-hydrogen) atoms. The standard InChI is InChI=1S/C62H57BN2O/c1-6-7-10-20-40-35-47(45-39-57-46(44-25-15-18-30-56(44)66-57)38-53(45)64-43-31-32-48-51(37-43)61(4,5)34-33-60(48,2)3)58-55(36-40)65-54-29-17-16-26-49(54)62(41-21-11-8-12-22-41,42-23-13-9-14-24-42)50-27-19-28-52(63-58)59(50)65/h8-9,11-19,21-32,35-39,63-64H,6-7,10,20,33-34H2,1-5H3. The molecule has 3 aliphatic rings. The molecule has 0 atom stereocenters. The lowest BCUT2D eigenvalue weighted by Gasteiger charge is -2.49. The quantitative estimate of drug-likeness (QED) is 0.116. The summed E-state index contributed by atoms with van der Waals surface area (Å²) in [6.45, 7) is 12.0. The van der Waals surface area contributed by atoms with E-state index in [1.165, 1.54) is 104 Å². The SMILES string of the molecule is CCCCCc1cc(-c2cc3oc4ccccc4c3cc2Nc2ccc3c(c2)C(C)(C)CCC3(C)C)c2c(c1)N1c3ccccc3C(c3ccccc3)(c3ccccc3)c3cccc(c31)B2. The van der Waals surface area contributed by atoms with Crippen LogP contribution in [0.4, 0.5) is 28.4 Å². The Morgan fingerprint density at radius 3 is 2.03 bits per heavy atom. The predicted octanol–water partition coefficient (Wildman–Crippen LogP) is 14.9. The van der Waals surface area contributed by atoms with Gasteiger partial charge in [0.1, 0.15) is 11.2 Å². The van der Waals surface area contributed by atoms with Crippen molar-refractivity contribution < 1.29 is 4.42 Å². The molecule has 0 saturated carbocycles. The Labute approximate surface area is 390 Å². The van der Waals surface area contributed by atoms with Gasteiger partial charge in [-0.3, -0.25) is 0 Å². The normalized spacial score (nSPS) is 15.9. The van der Waals surface area contributed by atoms with Gasteiger partial charge in [0, 0.05) is 39.1 Å². The van der Waals surface area contributed by atoms with Crippen molar-refractivity contribution in [2.75, 3.05) is 10.2 Å². The molecule has 4 heteroatoms. The van der Waals surface area contributed by atoms with Gasteiger partial charge in [0.25, 0.3) is 0 Å². The number of hydrogen-bond donors (Lipinski definition) is 1. The number of benzene rings is 8. The van der Waals surface area contributed by atoms with Crippen LogP contribution in [0.1, 0.15) is 106 Å². The van der Waals surface area contributed by atoms with Crippen molar-refractivity contribution in [3.8, 4) is 11.1 Å². The maximum absolute atomic E-state index is 6.74. The lowest BCUT2D eigenvalue weighted by atomic mass is 9.54. The Morgan fingerprint density at radius 2 is 1.26 bits per heavy atom. The molecule has 1 N–H and O–H groups in total. The molecule has 0 fully saturated rings. The number of rotatable bonds is 9. The van der Waals surface area contributed by atoms with Gasteiger partial charge in [-0.15, -0.1) is 0 Å². The average Bonchev–Trinajstić information content (AvgIpc) is 3.71. The Balaban J connectivity index is 1.11. The molecule has 0 spiro atoms. The molecule has 8 aromatic carbocycles. The van der Waals surface area contributed by atoms with Crippen LogP contribution >= 0.6 is 0 Å². The minimum atomic E-state index is -0.512. The van der Waals surface area contributed by atoms with E-state index in [1.807, 2.05) is 0 Å². The van der Waals surface area contributed by atoms with E-state index in [0.29, 0.717) is 0 Å². The van der Waals surface area contributed by atoms with Gasteiger partial charge in [0.15, 0.2) is 7.28 Å². The van der Waals surface area contributed by atoms with Crippen LogP contribution in [0.25, 0.3) is 33.1 Å². The van der Waals surface area contributed by atoms with Gasteiger partial charge in [0.2, 0.25) is 0 Å². The summed E-state index contributed by atoms with van der Waals surface area (Å²) in [4.78, 5) is 2.63. The molecule has 9 aromatic rings. The first kappa shape index (κ1) is 40.7. The fourth-order valence-electron chi connectivity index (χ4n) is 12.1. The van der Waals surface area contributed by atoms with E-state index >= 15 is 0 Å². The minimum Gasteiger partial charge on any atom is -0.456 e. The summed E-state index contributed by atoms with van der Waals surface area (Å²) in [5.74, 6) is 0. The van der Waals surface area contributed by atoms with E-state index in [4.69, 9.17) is 4.42 Å². The highest BCUT2D eigenvalue weighted by Gasteiger charge is 2.48. The van der Waals surface area contributed by atoms with E-state index < -0.39 is 5.41 Å². The third-order valence-corrected chi connectivity index (χ3v) is 15.6. The van der Waals surface area contributed by atoms with Gasteiger partial charge in [-0.05, 0) is 129 Å². The van der Waals surface area contributed by atoms with E-state index in [9.17, 15) is 0 Å². The van der Waals surface area contributed by atoms with Gasteiger partial charge in [0.05, 0.1) is 11.1 Å². The lowest BCUT2D eigenvalue weighted by molar-refractivity contribution is 0.332. The number of furan rings is 1. The third-order valence-electron chi connectivity index (χ3n) is 15.6. The molecule has 0 bridgehead atoms. The minimum absolute atomic E-state index is 0.0948. The van der Waals surface area contributed by atoms with Crippen LogP contribution in [-0.2, 0) is 22.7 Å². The zero-order chi connectivity index (χ0) is 44.8. The third kappa shape index (κ3) is 6.24. The number of nitrogens with one attached hydrogen (secondary N) is 1. The molecule has 0 radical (unpaired) electrons. The first-order valence-corrected chi connectivity index (χ1v) is 24.3. The molecule has 3 heterocycles. The molecule has 0 unspecified atom stereocenters. The second-order valence-electron chi connectivity index (χ2n) is 20.6. The fourth-order valence-corrected chi connectivity index (χ4v) is 12.1. The van der Waals surface area contributed by atoms with Gasteiger partial charge < -0.3 is 14.6 Å². The van der Waals surface area contributed by atoms with Gasteiger partial charge in [-0.25, -0.2) is 0 Å². The summed E-state index contributed by atoms with van der Waals surface area (Å²) in [6.07, 6.45) is 6.91. The van der Waals surface area contributed by atoms with Crippen LogP contribution < -0.4 is 21.1 Å².